The molecule has 3 N–H and O–H groups in total. The minimum absolute atomic E-state index is 0.00292. The van der Waals surface area contributed by atoms with Crippen molar-refractivity contribution < 1.29 is 38.9 Å². The Morgan fingerprint density at radius 1 is 1.41 bits per heavy atom. The van der Waals surface area contributed by atoms with Gasteiger partial charge in [-0.2, -0.15) is 0 Å². The molecule has 0 radical (unpaired) electrons. The van der Waals surface area contributed by atoms with Crippen LogP contribution in [0.5, 0.6) is 0 Å². The second-order valence-corrected chi connectivity index (χ2v) is 7.04. The van der Waals surface area contributed by atoms with E-state index in [0.29, 0.717) is 0 Å². The zero-order chi connectivity index (χ0) is 20.4. The fraction of sp³-hybridized carbons (Fsp3) is 0.571. The molecular formula is C14H18BrN3O8S. The zero-order valence-electron chi connectivity index (χ0n) is 14.6. The van der Waals surface area contributed by atoms with Gasteiger partial charge in [0.25, 0.3) is 11.8 Å². The van der Waals surface area contributed by atoms with Gasteiger partial charge in [0.1, 0.15) is 24.3 Å². The second-order valence-electron chi connectivity index (χ2n) is 5.38. The van der Waals surface area contributed by atoms with Crippen LogP contribution in [0.2, 0.25) is 0 Å². The van der Waals surface area contributed by atoms with Gasteiger partial charge in [0.2, 0.25) is 11.5 Å². The van der Waals surface area contributed by atoms with Gasteiger partial charge < -0.3 is 29.8 Å². The SMILES string of the molecule is CON=C(C(=O)NC1C(=O)N2C(C(=O)O)=C(O)CS[C@H]12)C(CBr)(OC)OC. The van der Waals surface area contributed by atoms with Crippen molar-refractivity contribution in [2.75, 3.05) is 32.4 Å². The van der Waals surface area contributed by atoms with Gasteiger partial charge in [0.15, 0.2) is 5.70 Å². The predicted octanol–water partition coefficient (Wildman–Crippen LogP) is -0.373. The maximum atomic E-state index is 12.7. The number of methoxy groups -OCH3 is 2. The third-order valence-electron chi connectivity index (χ3n) is 4.03. The molecule has 150 valence electrons. The first-order valence-electron chi connectivity index (χ1n) is 7.46. The van der Waals surface area contributed by atoms with Crippen molar-refractivity contribution in [2.24, 2.45) is 5.16 Å². The van der Waals surface area contributed by atoms with E-state index in [-0.39, 0.29) is 16.8 Å². The number of amides is 2. The van der Waals surface area contributed by atoms with Crippen molar-refractivity contribution in [2.45, 2.75) is 17.2 Å². The number of carbonyl (C=O) groups excluding carboxylic acids is 2. The minimum Gasteiger partial charge on any atom is -0.509 e. The van der Waals surface area contributed by atoms with E-state index in [2.05, 4.69) is 26.4 Å². The molecule has 2 heterocycles. The lowest BCUT2D eigenvalue weighted by molar-refractivity contribution is -0.152. The number of hydrogen-bond donors (Lipinski definition) is 3. The highest BCUT2D eigenvalue weighted by molar-refractivity contribution is 9.09. The number of thioether (sulfide) groups is 1. The van der Waals surface area contributed by atoms with Crippen LogP contribution in [0, 0.1) is 0 Å². The first-order chi connectivity index (χ1) is 12.8. The van der Waals surface area contributed by atoms with E-state index in [1.807, 2.05) is 0 Å². The number of fused-ring (bicyclic) bond motifs is 1. The van der Waals surface area contributed by atoms with E-state index in [9.17, 15) is 24.6 Å². The van der Waals surface area contributed by atoms with Crippen molar-refractivity contribution in [1.29, 1.82) is 0 Å². The molecule has 0 spiro atoms. The van der Waals surface area contributed by atoms with Crippen molar-refractivity contribution in [1.82, 2.24) is 10.2 Å². The van der Waals surface area contributed by atoms with E-state index in [0.717, 1.165) is 16.7 Å². The van der Waals surface area contributed by atoms with Gasteiger partial charge in [0.05, 0.1) is 11.1 Å². The topological polar surface area (TPSA) is 147 Å². The van der Waals surface area contributed by atoms with Gasteiger partial charge in [-0.3, -0.25) is 14.5 Å². The molecule has 2 aliphatic heterocycles. The molecule has 27 heavy (non-hydrogen) atoms. The van der Waals surface area contributed by atoms with Crippen LogP contribution in [-0.4, -0.2) is 88.2 Å². The summed E-state index contributed by atoms with van der Waals surface area (Å²) < 4.78 is 10.5. The van der Waals surface area contributed by atoms with E-state index >= 15 is 0 Å². The Labute approximate surface area is 166 Å². The Balaban J connectivity index is 2.23. The number of oxime groups is 1. The lowest BCUT2D eigenvalue weighted by Gasteiger charge is -2.48. The predicted molar refractivity (Wildman–Crippen MR) is 97.3 cm³/mol. The Morgan fingerprint density at radius 2 is 2.04 bits per heavy atom. The molecule has 2 rings (SSSR count). The van der Waals surface area contributed by atoms with E-state index in [1.54, 1.807) is 0 Å². The summed E-state index contributed by atoms with van der Waals surface area (Å²) in [4.78, 5) is 42.0. The van der Waals surface area contributed by atoms with Crippen LogP contribution in [0.25, 0.3) is 0 Å². The molecule has 0 aromatic heterocycles. The van der Waals surface area contributed by atoms with Gasteiger partial charge in [-0.25, -0.2) is 4.79 Å². The molecule has 2 aliphatic rings. The lowest BCUT2D eigenvalue weighted by atomic mass is 10.0. The summed E-state index contributed by atoms with van der Waals surface area (Å²) in [5.74, 6) is -4.83. The first-order valence-corrected chi connectivity index (χ1v) is 9.63. The number of aliphatic carboxylic acids is 1. The summed E-state index contributed by atoms with van der Waals surface area (Å²) in [7, 11) is 3.85. The van der Waals surface area contributed by atoms with E-state index in [1.165, 1.54) is 21.3 Å². The van der Waals surface area contributed by atoms with Gasteiger partial charge in [0, 0.05) is 14.2 Å². The molecule has 0 bridgehead atoms. The monoisotopic (exact) mass is 467 g/mol. The number of β-lactam (4-membered cyclic amide) rings is 1. The maximum Gasteiger partial charge on any atom is 0.356 e. The molecule has 1 unspecified atom stereocenters. The number of rotatable bonds is 8. The number of aliphatic hydroxyl groups excluding tert-OH is 1. The fourth-order valence-electron chi connectivity index (χ4n) is 2.64. The van der Waals surface area contributed by atoms with Gasteiger partial charge >= 0.3 is 5.97 Å². The molecule has 0 saturated carbocycles. The van der Waals surface area contributed by atoms with Crippen LogP contribution in [0.15, 0.2) is 16.6 Å². The number of aliphatic hydroxyl groups is 1. The highest BCUT2D eigenvalue weighted by Crippen LogP contribution is 2.39. The Hall–Kier alpha value is -1.83. The number of ether oxygens (including phenoxy) is 2. The van der Waals surface area contributed by atoms with Gasteiger partial charge in [-0.15, -0.1) is 11.8 Å². The molecule has 0 aromatic carbocycles. The number of carboxylic acid groups (broad SMARTS) is 1. The van der Waals surface area contributed by atoms with Crippen molar-refractivity contribution in [3.63, 3.8) is 0 Å². The second kappa shape index (κ2) is 8.46. The molecule has 1 saturated heterocycles. The van der Waals surface area contributed by atoms with E-state index < -0.39 is 46.4 Å². The number of carbonyl (C=O) groups is 3. The molecule has 0 aliphatic carbocycles. The summed E-state index contributed by atoms with van der Waals surface area (Å²) in [6.45, 7) is 0. The third kappa shape index (κ3) is 3.63. The summed E-state index contributed by atoms with van der Waals surface area (Å²) in [5.41, 5.74) is -0.751. The molecule has 11 nitrogen and oxygen atoms in total. The highest BCUT2D eigenvalue weighted by Gasteiger charge is 2.55. The Morgan fingerprint density at radius 3 is 2.52 bits per heavy atom. The van der Waals surface area contributed by atoms with Crippen molar-refractivity contribution in [3.05, 3.63) is 11.5 Å². The fourth-order valence-corrected chi connectivity index (χ4v) is 4.56. The number of nitrogens with one attached hydrogen (secondary N) is 1. The molecule has 13 heteroatoms. The molecular weight excluding hydrogens is 450 g/mol. The number of carboxylic acids is 1. The highest BCUT2D eigenvalue weighted by atomic mass is 79.9. The number of halogens is 1. The quantitative estimate of drug-likeness (QED) is 0.143. The number of hydrogen-bond acceptors (Lipinski definition) is 9. The van der Waals surface area contributed by atoms with Gasteiger partial charge in [-0.05, 0) is 0 Å². The first kappa shape index (κ1) is 21.5. The van der Waals surface area contributed by atoms with Crippen LogP contribution >= 0.6 is 27.7 Å². The van der Waals surface area contributed by atoms with Crippen LogP contribution < -0.4 is 5.32 Å². The maximum absolute atomic E-state index is 12.7. The summed E-state index contributed by atoms with van der Waals surface area (Å²) in [5, 5.41) is 24.4. The lowest BCUT2D eigenvalue weighted by Crippen LogP contribution is -2.71. The minimum atomic E-state index is -1.56. The molecule has 1 fully saturated rings. The Bertz CT molecular complexity index is 700. The van der Waals surface area contributed by atoms with Crippen molar-refractivity contribution >= 4 is 51.2 Å². The van der Waals surface area contributed by atoms with Gasteiger partial charge in [-0.1, -0.05) is 21.1 Å². The largest absolute Gasteiger partial charge is 0.509 e. The van der Waals surface area contributed by atoms with Crippen LogP contribution in [-0.2, 0) is 28.7 Å². The normalized spacial score (nSPS) is 22.9. The van der Waals surface area contributed by atoms with Crippen LogP contribution in [0.1, 0.15) is 0 Å². The standard InChI is InChI=1S/C14H18BrN3O8S/c1-24-14(5-15,25-2)9(17-26-3)10(20)16-7-11(21)18-8(13(22)23)6(19)4-27-12(7)18/h7,12,19H,4-5H2,1-3H3,(H,16,20)(H,22,23)/t7?,12-/m1/s1. The molecule has 2 amide bonds. The zero-order valence-corrected chi connectivity index (χ0v) is 17.0. The van der Waals surface area contributed by atoms with Crippen LogP contribution in [0.3, 0.4) is 0 Å². The molecule has 0 aromatic rings. The van der Waals surface area contributed by atoms with Crippen LogP contribution in [0.4, 0.5) is 0 Å². The molecule has 2 atom stereocenters. The number of alkyl halides is 1. The average molecular weight is 468 g/mol. The smallest absolute Gasteiger partial charge is 0.356 e. The Kier molecular flexibility index (Phi) is 6.72. The summed E-state index contributed by atoms with van der Waals surface area (Å²) >= 11 is 4.30. The average Bonchev–Trinajstić information content (AvgIpc) is 2.66. The van der Waals surface area contributed by atoms with E-state index in [4.69, 9.17) is 14.3 Å². The summed E-state index contributed by atoms with van der Waals surface area (Å²) in [6, 6.07) is -1.01. The van der Waals surface area contributed by atoms with Crippen molar-refractivity contribution in [3.8, 4) is 0 Å². The third-order valence-corrected chi connectivity index (χ3v) is 6.03. The number of nitrogens with zero attached hydrogens (tertiary/aromatic N) is 2. The summed E-state index contributed by atoms with van der Waals surface area (Å²) in [6.07, 6.45) is 0.